The Morgan fingerprint density at radius 3 is 2.62 bits per heavy atom. The quantitative estimate of drug-likeness (QED) is 0.708. The van der Waals surface area contributed by atoms with Gasteiger partial charge in [-0.25, -0.2) is 0 Å². The molecule has 1 aromatic rings. The van der Waals surface area contributed by atoms with Crippen LogP contribution in [0.3, 0.4) is 0 Å². The second-order valence-electron chi connectivity index (χ2n) is 7.74. The fourth-order valence-corrected chi connectivity index (χ4v) is 3.53. The predicted molar refractivity (Wildman–Crippen MR) is 101 cm³/mol. The number of benzene rings is 1. The van der Waals surface area contributed by atoms with Gasteiger partial charge in [0.25, 0.3) is 5.91 Å². The molecule has 0 radical (unpaired) electrons. The predicted octanol–water partition coefficient (Wildman–Crippen LogP) is 2.70. The summed E-state index contributed by atoms with van der Waals surface area (Å²) >= 11 is 6.14. The number of nitrogens with two attached hydrogens (primary N) is 1. The van der Waals surface area contributed by atoms with Crippen molar-refractivity contribution in [2.45, 2.75) is 57.7 Å². The minimum Gasteiger partial charge on any atom is -0.378 e. The summed E-state index contributed by atoms with van der Waals surface area (Å²) in [6.07, 6.45) is 2.40. The lowest BCUT2D eigenvalue weighted by Gasteiger charge is -2.57. The molecule has 3 rings (SSSR count). The van der Waals surface area contributed by atoms with Crippen molar-refractivity contribution >= 4 is 29.1 Å². The van der Waals surface area contributed by atoms with Crippen LogP contribution in [0.25, 0.3) is 0 Å². The third kappa shape index (κ3) is 3.33. The highest BCUT2D eigenvalue weighted by Gasteiger charge is 2.62. The zero-order valence-electron chi connectivity index (χ0n) is 15.4. The van der Waals surface area contributed by atoms with Gasteiger partial charge in [0, 0.05) is 30.2 Å². The van der Waals surface area contributed by atoms with Crippen molar-refractivity contribution in [3.63, 3.8) is 0 Å². The van der Waals surface area contributed by atoms with E-state index in [-0.39, 0.29) is 24.0 Å². The summed E-state index contributed by atoms with van der Waals surface area (Å²) in [5.41, 5.74) is 5.74. The maximum Gasteiger partial charge on any atom is 0.253 e. The van der Waals surface area contributed by atoms with Gasteiger partial charge in [-0.15, -0.1) is 0 Å². The molecule has 0 spiro atoms. The molecule has 0 saturated heterocycles. The Bertz CT molecular complexity index is 733. The summed E-state index contributed by atoms with van der Waals surface area (Å²) in [4.78, 5) is 25.1. The molecular weight excluding hydrogens is 354 g/mol. The van der Waals surface area contributed by atoms with E-state index in [1.165, 1.54) is 0 Å². The zero-order chi connectivity index (χ0) is 19.1. The van der Waals surface area contributed by atoms with Crippen LogP contribution in [0.2, 0.25) is 5.02 Å². The smallest absolute Gasteiger partial charge is 0.253 e. The van der Waals surface area contributed by atoms with Crippen LogP contribution in [0.1, 0.15) is 50.4 Å². The van der Waals surface area contributed by atoms with Crippen LogP contribution < -0.4 is 16.4 Å². The highest BCUT2D eigenvalue weighted by atomic mass is 35.5. The molecule has 0 heterocycles. The third-order valence-corrected chi connectivity index (χ3v) is 5.95. The van der Waals surface area contributed by atoms with E-state index in [9.17, 15) is 9.59 Å². The van der Waals surface area contributed by atoms with Crippen LogP contribution in [-0.2, 0) is 9.53 Å². The average molecular weight is 380 g/mol. The maximum absolute atomic E-state index is 12.8. The lowest BCUT2D eigenvalue weighted by atomic mass is 9.54. The number of hydrogen-bond acceptors (Lipinski definition) is 4. The Morgan fingerprint density at radius 1 is 1.35 bits per heavy atom. The van der Waals surface area contributed by atoms with Gasteiger partial charge >= 0.3 is 0 Å². The highest BCUT2D eigenvalue weighted by Crippen LogP contribution is 2.50. The number of halogens is 1. The van der Waals surface area contributed by atoms with E-state index in [0.717, 1.165) is 12.8 Å². The molecule has 2 fully saturated rings. The summed E-state index contributed by atoms with van der Waals surface area (Å²) in [6, 6.07) is 5.10. The van der Waals surface area contributed by atoms with Gasteiger partial charge in [-0.05, 0) is 38.0 Å². The molecule has 0 bridgehead atoms. The first-order valence-electron chi connectivity index (χ1n) is 9.01. The molecule has 26 heavy (non-hydrogen) atoms. The number of carbonyl (C=O) groups excluding carboxylic acids is 2. The standard InChI is InChI=1S/C19H26ClN3O3/c1-4-26-15-10-19(21,18(15,2)3)17(25)23-12-7-8-14(20)13(9-12)16(24)22-11-5-6-11/h7-9,11,15H,4-6,10,21H2,1-3H3,(H,22,24)(H,23,25). The summed E-state index contributed by atoms with van der Waals surface area (Å²) in [6.45, 7) is 6.39. The second kappa shape index (κ2) is 6.83. The van der Waals surface area contributed by atoms with Crippen molar-refractivity contribution in [2.24, 2.45) is 11.1 Å². The van der Waals surface area contributed by atoms with Crippen molar-refractivity contribution in [2.75, 3.05) is 11.9 Å². The Kier molecular flexibility index (Phi) is 5.03. The van der Waals surface area contributed by atoms with E-state index >= 15 is 0 Å². The number of rotatable bonds is 6. The number of hydrogen-bond donors (Lipinski definition) is 3. The fraction of sp³-hybridized carbons (Fsp3) is 0.579. The van der Waals surface area contributed by atoms with Crippen molar-refractivity contribution < 1.29 is 14.3 Å². The van der Waals surface area contributed by atoms with Crippen LogP contribution in [0.15, 0.2) is 18.2 Å². The molecule has 4 N–H and O–H groups in total. The molecule has 1 aromatic carbocycles. The van der Waals surface area contributed by atoms with E-state index in [0.29, 0.717) is 29.3 Å². The molecule has 0 aromatic heterocycles. The number of anilines is 1. The highest BCUT2D eigenvalue weighted by molar-refractivity contribution is 6.34. The Labute approximate surface area is 158 Å². The van der Waals surface area contributed by atoms with Crippen LogP contribution in [0.5, 0.6) is 0 Å². The van der Waals surface area contributed by atoms with Gasteiger partial charge in [0.05, 0.1) is 16.7 Å². The minimum absolute atomic E-state index is 0.0478. The lowest BCUT2D eigenvalue weighted by molar-refractivity contribution is -0.166. The minimum atomic E-state index is -1.02. The summed E-state index contributed by atoms with van der Waals surface area (Å²) in [7, 11) is 0. The Balaban J connectivity index is 1.72. The number of nitrogens with one attached hydrogen (secondary N) is 2. The average Bonchev–Trinajstić information content (AvgIpc) is 3.39. The normalized spacial score (nSPS) is 26.7. The van der Waals surface area contributed by atoms with E-state index in [1.54, 1.807) is 18.2 Å². The molecule has 2 atom stereocenters. The van der Waals surface area contributed by atoms with Gasteiger partial charge in [0.15, 0.2) is 0 Å². The molecule has 0 aliphatic heterocycles. The van der Waals surface area contributed by atoms with Crippen molar-refractivity contribution in [3.8, 4) is 0 Å². The first-order valence-corrected chi connectivity index (χ1v) is 9.39. The molecule has 2 saturated carbocycles. The Morgan fingerprint density at radius 2 is 2.04 bits per heavy atom. The van der Waals surface area contributed by atoms with Gasteiger partial charge in [0.1, 0.15) is 5.54 Å². The van der Waals surface area contributed by atoms with Crippen LogP contribution in [0, 0.1) is 5.41 Å². The van der Waals surface area contributed by atoms with Crippen molar-refractivity contribution in [1.29, 1.82) is 0 Å². The molecule has 142 valence electrons. The van der Waals surface area contributed by atoms with Crippen molar-refractivity contribution in [3.05, 3.63) is 28.8 Å². The topological polar surface area (TPSA) is 93.4 Å². The molecule has 7 heteroatoms. The molecule has 2 unspecified atom stereocenters. The van der Waals surface area contributed by atoms with E-state index < -0.39 is 11.0 Å². The Hall–Kier alpha value is -1.63. The first-order chi connectivity index (χ1) is 12.2. The molecule has 2 amide bonds. The number of amides is 2. The monoisotopic (exact) mass is 379 g/mol. The van der Waals surface area contributed by atoms with Gasteiger partial charge in [0.2, 0.25) is 5.91 Å². The first kappa shape index (κ1) is 19.1. The summed E-state index contributed by atoms with van der Waals surface area (Å²) in [5.74, 6) is -0.509. The van der Waals surface area contributed by atoms with Crippen LogP contribution in [-0.4, -0.2) is 36.1 Å². The molecular formula is C19H26ClN3O3. The fourth-order valence-electron chi connectivity index (χ4n) is 3.33. The van der Waals surface area contributed by atoms with Gasteiger partial charge in [-0.1, -0.05) is 25.4 Å². The van der Waals surface area contributed by atoms with Crippen molar-refractivity contribution in [1.82, 2.24) is 5.32 Å². The molecule has 2 aliphatic rings. The maximum atomic E-state index is 12.8. The van der Waals surface area contributed by atoms with E-state index in [2.05, 4.69) is 10.6 Å². The SMILES string of the molecule is CCOC1CC(N)(C(=O)Nc2ccc(Cl)c(C(=O)NC3CC3)c2)C1(C)C. The molecule has 6 nitrogen and oxygen atoms in total. The van der Waals surface area contributed by atoms with Gasteiger partial charge in [-0.2, -0.15) is 0 Å². The van der Waals surface area contributed by atoms with E-state index in [4.69, 9.17) is 22.1 Å². The lowest BCUT2D eigenvalue weighted by Crippen LogP contribution is -2.74. The van der Waals surface area contributed by atoms with Crippen LogP contribution in [0.4, 0.5) is 5.69 Å². The zero-order valence-corrected chi connectivity index (χ0v) is 16.2. The molecule has 2 aliphatic carbocycles. The number of ether oxygens (including phenoxy) is 1. The van der Waals surface area contributed by atoms with E-state index in [1.807, 2.05) is 20.8 Å². The summed E-state index contributed by atoms with van der Waals surface area (Å²) < 4.78 is 5.67. The summed E-state index contributed by atoms with van der Waals surface area (Å²) in [5, 5.41) is 6.09. The second-order valence-corrected chi connectivity index (χ2v) is 8.14. The largest absolute Gasteiger partial charge is 0.378 e. The third-order valence-electron chi connectivity index (χ3n) is 5.62. The van der Waals surface area contributed by atoms with Crippen LogP contribution >= 0.6 is 11.6 Å². The van der Waals surface area contributed by atoms with Gasteiger partial charge in [-0.3, -0.25) is 9.59 Å². The number of carbonyl (C=O) groups is 2. The van der Waals surface area contributed by atoms with Gasteiger partial charge < -0.3 is 21.1 Å².